The molecule has 0 aromatic rings. The molecule has 0 aromatic carbocycles. The van der Waals surface area contributed by atoms with E-state index in [1.54, 1.807) is 0 Å². The summed E-state index contributed by atoms with van der Waals surface area (Å²) in [6.45, 7) is 1.48. The molecule has 4 heteroatoms. The van der Waals surface area contributed by atoms with Crippen LogP contribution >= 0.6 is 9.24 Å². The third-order valence-corrected chi connectivity index (χ3v) is 1.44. The van der Waals surface area contributed by atoms with E-state index in [2.05, 4.69) is 0 Å². The lowest BCUT2D eigenvalue weighted by atomic mass is 9.90. The second-order valence-electron chi connectivity index (χ2n) is 1.83. The zero-order valence-corrected chi connectivity index (χ0v) is 5.57. The minimum absolute atomic E-state index is 0.572. The molecule has 7 heavy (non-hydrogen) atoms. The summed E-state index contributed by atoms with van der Waals surface area (Å²) in [6, 6.07) is 0. The van der Waals surface area contributed by atoms with E-state index in [0.29, 0.717) is 0 Å². The fourth-order valence-corrected chi connectivity index (χ4v) is 0. The van der Waals surface area contributed by atoms with E-state index in [-0.39, 0.29) is 0 Å². The maximum absolute atomic E-state index is 11.8. The number of alkyl halides is 2. The zero-order chi connectivity index (χ0) is 6.08. The van der Waals surface area contributed by atoms with Crippen molar-refractivity contribution in [3.05, 3.63) is 0 Å². The molecule has 0 fully saturated rings. The monoisotopic (exact) mass is 124 g/mol. The number of hydrogen-bond acceptors (Lipinski definition) is 0. The van der Waals surface area contributed by atoms with Crippen molar-refractivity contribution < 1.29 is 8.78 Å². The Morgan fingerprint density at radius 3 is 1.86 bits per heavy atom. The van der Waals surface area contributed by atoms with Crippen LogP contribution in [-0.2, 0) is 0 Å². The van der Waals surface area contributed by atoms with Crippen LogP contribution < -0.4 is 0 Å². The van der Waals surface area contributed by atoms with Crippen LogP contribution in [0.1, 0.15) is 6.92 Å². The lowest BCUT2D eigenvalue weighted by Crippen LogP contribution is -2.10. The maximum Gasteiger partial charge on any atom is 0.254 e. The second-order valence-corrected chi connectivity index (χ2v) is 2.60. The summed E-state index contributed by atoms with van der Waals surface area (Å²) in [6.07, 6.45) is 0. The summed E-state index contributed by atoms with van der Waals surface area (Å²) in [7, 11) is 2.98. The topological polar surface area (TPSA) is 0 Å². The number of rotatable bonds is 1. The van der Waals surface area contributed by atoms with Gasteiger partial charge in [-0.05, 0) is 5.82 Å². The van der Waals surface area contributed by atoms with Crippen molar-refractivity contribution in [3.63, 3.8) is 0 Å². The largest absolute Gasteiger partial charge is 0.254 e. The molecule has 0 nitrogen and oxygen atoms in total. The summed E-state index contributed by atoms with van der Waals surface area (Å²) in [4.78, 5) is 0. The van der Waals surface area contributed by atoms with Crippen LogP contribution in [0.2, 0.25) is 5.82 Å². The van der Waals surface area contributed by atoms with Gasteiger partial charge in [-0.3, -0.25) is 0 Å². The third kappa shape index (κ3) is 2.98. The fraction of sp³-hybridized carbons (Fsp3) is 1.00. The van der Waals surface area contributed by atoms with E-state index in [1.165, 1.54) is 24.0 Å². The molecule has 0 amide bonds. The average Bonchev–Trinajstić information content (AvgIpc) is 1.31. The van der Waals surface area contributed by atoms with Gasteiger partial charge in [-0.25, -0.2) is 8.78 Å². The standard InChI is InChI=1S/C3H8BF2P/c1-2(4)3(5,6)7/h2H,4,7H2,1H3. The summed E-state index contributed by atoms with van der Waals surface area (Å²) >= 11 is 0. The van der Waals surface area contributed by atoms with Crippen molar-refractivity contribution >= 4 is 17.1 Å². The Kier molecular flexibility index (Phi) is 2.19. The highest BCUT2D eigenvalue weighted by atomic mass is 31.0. The Balaban J connectivity index is 3.54. The quantitative estimate of drug-likeness (QED) is 0.359. The Hall–Kier alpha value is 0.355. The van der Waals surface area contributed by atoms with Crippen molar-refractivity contribution in [2.45, 2.75) is 18.4 Å². The van der Waals surface area contributed by atoms with Crippen molar-refractivity contribution in [2.75, 3.05) is 0 Å². The summed E-state index contributed by atoms with van der Waals surface area (Å²) < 4.78 is 23.6. The van der Waals surface area contributed by atoms with Gasteiger partial charge < -0.3 is 0 Å². The third-order valence-electron chi connectivity index (χ3n) is 0.770. The van der Waals surface area contributed by atoms with Crippen LogP contribution in [0.25, 0.3) is 0 Å². The molecular weight excluding hydrogens is 116 g/mol. The van der Waals surface area contributed by atoms with Crippen molar-refractivity contribution in [3.8, 4) is 0 Å². The fourth-order valence-electron chi connectivity index (χ4n) is 0. The first-order valence-electron chi connectivity index (χ1n) is 2.11. The highest BCUT2D eigenvalue weighted by Gasteiger charge is 2.25. The Bertz CT molecular complexity index is 58.4. The van der Waals surface area contributed by atoms with E-state index < -0.39 is 11.5 Å². The SMILES string of the molecule is BC(C)C(F)(F)P. The van der Waals surface area contributed by atoms with Crippen LogP contribution in [0.5, 0.6) is 0 Å². The van der Waals surface area contributed by atoms with Gasteiger partial charge >= 0.3 is 0 Å². The van der Waals surface area contributed by atoms with E-state index in [9.17, 15) is 8.78 Å². The van der Waals surface area contributed by atoms with E-state index in [4.69, 9.17) is 0 Å². The molecule has 0 aliphatic rings. The van der Waals surface area contributed by atoms with Crippen LogP contribution in [0.15, 0.2) is 0 Å². The van der Waals surface area contributed by atoms with Gasteiger partial charge in [0.2, 0.25) is 0 Å². The molecule has 42 valence electrons. The van der Waals surface area contributed by atoms with Gasteiger partial charge in [-0.2, -0.15) is 0 Å². The number of hydrogen-bond donors (Lipinski definition) is 0. The highest BCUT2D eigenvalue weighted by molar-refractivity contribution is 7.18. The van der Waals surface area contributed by atoms with E-state index >= 15 is 0 Å². The molecule has 0 aliphatic heterocycles. The first kappa shape index (κ1) is 7.35. The first-order valence-corrected chi connectivity index (χ1v) is 2.69. The van der Waals surface area contributed by atoms with Gasteiger partial charge in [0.25, 0.3) is 5.66 Å². The first-order chi connectivity index (χ1) is 2.94. The summed E-state index contributed by atoms with van der Waals surface area (Å²) in [5, 5.41) is 0. The van der Waals surface area contributed by atoms with Gasteiger partial charge in [0.15, 0.2) is 0 Å². The molecule has 2 unspecified atom stereocenters. The van der Waals surface area contributed by atoms with Gasteiger partial charge in [-0.15, -0.1) is 0 Å². The minimum atomic E-state index is -2.58. The zero-order valence-electron chi connectivity index (χ0n) is 4.41. The predicted octanol–water partition coefficient (Wildman–Crippen LogP) is 0.896. The Morgan fingerprint density at radius 2 is 1.86 bits per heavy atom. The van der Waals surface area contributed by atoms with Gasteiger partial charge in [0.1, 0.15) is 7.85 Å². The van der Waals surface area contributed by atoms with Crippen LogP contribution in [0.3, 0.4) is 0 Å². The Labute approximate surface area is 45.3 Å². The molecule has 0 N–H and O–H groups in total. The molecule has 0 rings (SSSR count). The predicted molar refractivity (Wildman–Crippen MR) is 32.6 cm³/mol. The smallest absolute Gasteiger partial charge is 0.203 e. The average molecular weight is 124 g/mol. The molecule has 0 bridgehead atoms. The minimum Gasteiger partial charge on any atom is -0.203 e. The van der Waals surface area contributed by atoms with Crippen molar-refractivity contribution in [2.24, 2.45) is 0 Å². The molecule has 2 atom stereocenters. The molecule has 0 saturated carbocycles. The van der Waals surface area contributed by atoms with Gasteiger partial charge in [0, 0.05) is 0 Å². The molecule has 0 radical (unpaired) electrons. The van der Waals surface area contributed by atoms with Crippen LogP contribution in [0, 0.1) is 0 Å². The lowest BCUT2D eigenvalue weighted by molar-refractivity contribution is 0.101. The highest BCUT2D eigenvalue weighted by Crippen LogP contribution is 2.32. The summed E-state index contributed by atoms with van der Waals surface area (Å²) in [5.41, 5.74) is -2.58. The molecule has 0 aromatic heterocycles. The van der Waals surface area contributed by atoms with Gasteiger partial charge in [-0.1, -0.05) is 16.2 Å². The normalized spacial score (nSPS) is 16.6. The lowest BCUT2D eigenvalue weighted by Gasteiger charge is -2.12. The van der Waals surface area contributed by atoms with Crippen molar-refractivity contribution in [1.29, 1.82) is 0 Å². The van der Waals surface area contributed by atoms with Crippen molar-refractivity contribution in [1.82, 2.24) is 0 Å². The number of halogens is 2. The molecule has 0 saturated heterocycles. The summed E-state index contributed by atoms with van der Waals surface area (Å²) in [5.74, 6) is -0.572. The second kappa shape index (κ2) is 2.08. The molecule has 0 spiro atoms. The van der Waals surface area contributed by atoms with Crippen LogP contribution in [0.4, 0.5) is 8.78 Å². The van der Waals surface area contributed by atoms with E-state index in [1.807, 2.05) is 0 Å². The molecule has 0 heterocycles. The Morgan fingerprint density at radius 1 is 1.71 bits per heavy atom. The van der Waals surface area contributed by atoms with Gasteiger partial charge in [0.05, 0.1) is 0 Å². The molecule has 0 aliphatic carbocycles. The maximum atomic E-state index is 11.8. The van der Waals surface area contributed by atoms with E-state index in [0.717, 1.165) is 0 Å². The van der Waals surface area contributed by atoms with Crippen LogP contribution in [-0.4, -0.2) is 13.5 Å². The molecular formula is C3H8BF2P.